The van der Waals surface area contributed by atoms with Gasteiger partial charge in [-0.1, -0.05) is 56.3 Å². The van der Waals surface area contributed by atoms with E-state index in [9.17, 15) is 0 Å². The van der Waals surface area contributed by atoms with Crippen LogP contribution in [0, 0.1) is 0 Å². The van der Waals surface area contributed by atoms with Crippen molar-refractivity contribution in [1.29, 1.82) is 0 Å². The summed E-state index contributed by atoms with van der Waals surface area (Å²) in [6.07, 6.45) is 0. The minimum atomic E-state index is 0. The Morgan fingerprint density at radius 2 is 1.50 bits per heavy atom. The summed E-state index contributed by atoms with van der Waals surface area (Å²) in [6, 6.07) is 15.2. The van der Waals surface area contributed by atoms with Crippen molar-refractivity contribution in [3.8, 4) is 0 Å². The molecule has 3 radical (unpaired) electrons. The predicted octanol–water partition coefficient (Wildman–Crippen LogP) is 3.58. The summed E-state index contributed by atoms with van der Waals surface area (Å²) in [4.78, 5) is 0. The summed E-state index contributed by atoms with van der Waals surface area (Å²) in [5.74, 6) is 0.615. The lowest BCUT2D eigenvalue weighted by atomic mass is 9.99. The number of benzene rings is 2. The van der Waals surface area contributed by atoms with Gasteiger partial charge in [-0.05, 0) is 22.3 Å². The zero-order chi connectivity index (χ0) is 9.26. The van der Waals surface area contributed by atoms with E-state index in [2.05, 4.69) is 56.3 Å². The lowest BCUT2D eigenvalue weighted by Gasteiger charge is -2.06. The Morgan fingerprint density at radius 3 is 2.14 bits per heavy atom. The Morgan fingerprint density at radius 1 is 0.857 bits per heavy atom. The molecule has 0 saturated carbocycles. The van der Waals surface area contributed by atoms with Gasteiger partial charge in [-0.3, -0.25) is 0 Å². The average molecular weight is 181 g/mol. The Bertz CT molecular complexity index is 418. The van der Waals surface area contributed by atoms with E-state index in [1.165, 1.54) is 16.3 Å². The largest absolute Gasteiger partial charge is 0.0616 e. The molecule has 0 spiro atoms. The molecule has 0 fully saturated rings. The summed E-state index contributed by atoms with van der Waals surface area (Å²) in [6.45, 7) is 4.45. The zero-order valence-corrected chi connectivity index (χ0v) is 8.70. The van der Waals surface area contributed by atoms with Gasteiger partial charge in [-0.15, -0.1) is 0 Å². The van der Waals surface area contributed by atoms with E-state index in [1.807, 2.05) is 0 Å². The molecule has 0 saturated heterocycles. The van der Waals surface area contributed by atoms with Crippen molar-refractivity contribution in [3.05, 3.63) is 48.0 Å². The topological polar surface area (TPSA) is 0 Å². The van der Waals surface area contributed by atoms with Crippen LogP contribution in [0.1, 0.15) is 25.3 Å². The SMILES string of the molecule is CC(C)c1ccc2ccccc2c1.[B]. The van der Waals surface area contributed by atoms with Crippen LogP contribution in [0.4, 0.5) is 0 Å². The maximum atomic E-state index is 2.28. The van der Waals surface area contributed by atoms with Crippen molar-refractivity contribution in [2.24, 2.45) is 0 Å². The molecular formula is C13H14B. The normalized spacial score (nSPS) is 10.2. The second kappa shape index (κ2) is 4.32. The molecule has 0 aromatic heterocycles. The second-order valence-electron chi connectivity index (χ2n) is 3.76. The van der Waals surface area contributed by atoms with Gasteiger partial charge < -0.3 is 0 Å². The summed E-state index contributed by atoms with van der Waals surface area (Å²) >= 11 is 0. The van der Waals surface area contributed by atoms with E-state index in [1.54, 1.807) is 0 Å². The fraction of sp³-hybridized carbons (Fsp3) is 0.231. The maximum Gasteiger partial charge on any atom is 0 e. The first kappa shape index (κ1) is 10.8. The fourth-order valence-electron chi connectivity index (χ4n) is 1.57. The van der Waals surface area contributed by atoms with Gasteiger partial charge >= 0.3 is 0 Å². The third kappa shape index (κ3) is 1.98. The van der Waals surface area contributed by atoms with Crippen LogP contribution in [-0.2, 0) is 0 Å². The van der Waals surface area contributed by atoms with Crippen LogP contribution < -0.4 is 0 Å². The molecular weight excluding hydrogens is 167 g/mol. The summed E-state index contributed by atoms with van der Waals surface area (Å²) in [7, 11) is 0. The number of rotatable bonds is 1. The van der Waals surface area contributed by atoms with Gasteiger partial charge in [0.2, 0.25) is 0 Å². The summed E-state index contributed by atoms with van der Waals surface area (Å²) < 4.78 is 0. The molecule has 0 atom stereocenters. The molecule has 0 unspecified atom stereocenters. The molecule has 2 aromatic carbocycles. The quantitative estimate of drug-likeness (QED) is 0.589. The van der Waals surface area contributed by atoms with Crippen molar-refractivity contribution in [2.45, 2.75) is 19.8 Å². The first-order valence-electron chi connectivity index (χ1n) is 4.76. The standard InChI is InChI=1S/C13H14.B/c1-10(2)12-8-7-11-5-3-4-6-13(11)9-12;/h3-10H,1-2H3;. The smallest absolute Gasteiger partial charge is 0 e. The van der Waals surface area contributed by atoms with Gasteiger partial charge in [-0.25, -0.2) is 0 Å². The first-order valence-corrected chi connectivity index (χ1v) is 4.76. The highest BCUT2D eigenvalue weighted by atomic mass is 14.0. The Hall–Kier alpha value is -1.24. The number of hydrogen-bond acceptors (Lipinski definition) is 0. The highest BCUT2D eigenvalue weighted by molar-refractivity contribution is 5.83. The van der Waals surface area contributed by atoms with Gasteiger partial charge in [0.1, 0.15) is 0 Å². The van der Waals surface area contributed by atoms with Crippen molar-refractivity contribution in [2.75, 3.05) is 0 Å². The molecule has 2 rings (SSSR count). The highest BCUT2D eigenvalue weighted by Crippen LogP contribution is 2.20. The summed E-state index contributed by atoms with van der Waals surface area (Å²) in [5.41, 5.74) is 1.42. The number of fused-ring (bicyclic) bond motifs is 1. The molecule has 0 aliphatic heterocycles. The second-order valence-corrected chi connectivity index (χ2v) is 3.76. The van der Waals surface area contributed by atoms with Gasteiger partial charge in [0, 0.05) is 8.41 Å². The summed E-state index contributed by atoms with van der Waals surface area (Å²) in [5, 5.41) is 2.67. The molecule has 0 N–H and O–H groups in total. The molecule has 69 valence electrons. The third-order valence-corrected chi connectivity index (χ3v) is 2.44. The minimum absolute atomic E-state index is 0. The lowest BCUT2D eigenvalue weighted by molar-refractivity contribution is 0.869. The van der Waals surface area contributed by atoms with Crippen LogP contribution in [0.2, 0.25) is 0 Å². The molecule has 0 amide bonds. The minimum Gasteiger partial charge on any atom is -0.0616 e. The monoisotopic (exact) mass is 181 g/mol. The van der Waals surface area contributed by atoms with Crippen LogP contribution >= 0.6 is 0 Å². The fourth-order valence-corrected chi connectivity index (χ4v) is 1.57. The van der Waals surface area contributed by atoms with E-state index in [0.29, 0.717) is 5.92 Å². The van der Waals surface area contributed by atoms with Crippen LogP contribution in [0.15, 0.2) is 42.5 Å². The van der Waals surface area contributed by atoms with Crippen LogP contribution in [0.25, 0.3) is 10.8 Å². The molecule has 0 bridgehead atoms. The van der Waals surface area contributed by atoms with E-state index in [0.717, 1.165) is 0 Å². The molecule has 0 aliphatic rings. The van der Waals surface area contributed by atoms with E-state index >= 15 is 0 Å². The molecule has 0 nitrogen and oxygen atoms in total. The van der Waals surface area contributed by atoms with Gasteiger partial charge in [-0.2, -0.15) is 0 Å². The van der Waals surface area contributed by atoms with Gasteiger partial charge in [0.25, 0.3) is 0 Å². The third-order valence-electron chi connectivity index (χ3n) is 2.44. The van der Waals surface area contributed by atoms with E-state index in [4.69, 9.17) is 0 Å². The van der Waals surface area contributed by atoms with Crippen molar-refractivity contribution in [3.63, 3.8) is 0 Å². The molecule has 2 aromatic rings. The molecule has 0 aliphatic carbocycles. The first-order chi connectivity index (χ1) is 6.27. The van der Waals surface area contributed by atoms with Crippen molar-refractivity contribution >= 4 is 19.2 Å². The number of hydrogen-bond donors (Lipinski definition) is 0. The van der Waals surface area contributed by atoms with Gasteiger partial charge in [0.15, 0.2) is 0 Å². The highest BCUT2D eigenvalue weighted by Gasteiger charge is 1.99. The maximum absolute atomic E-state index is 2.28. The molecule has 1 heteroatoms. The van der Waals surface area contributed by atoms with Crippen molar-refractivity contribution < 1.29 is 0 Å². The van der Waals surface area contributed by atoms with Crippen molar-refractivity contribution in [1.82, 2.24) is 0 Å². The van der Waals surface area contributed by atoms with E-state index in [-0.39, 0.29) is 8.41 Å². The van der Waals surface area contributed by atoms with E-state index < -0.39 is 0 Å². The van der Waals surface area contributed by atoms with Crippen LogP contribution in [0.3, 0.4) is 0 Å². The Kier molecular flexibility index (Phi) is 3.35. The zero-order valence-electron chi connectivity index (χ0n) is 8.70. The average Bonchev–Trinajstić information content (AvgIpc) is 2.17. The van der Waals surface area contributed by atoms with Crippen LogP contribution in [0.5, 0.6) is 0 Å². The predicted molar refractivity (Wildman–Crippen MR) is 63.8 cm³/mol. The molecule has 14 heavy (non-hydrogen) atoms. The van der Waals surface area contributed by atoms with Gasteiger partial charge in [0.05, 0.1) is 0 Å². The lowest BCUT2D eigenvalue weighted by Crippen LogP contribution is -1.85. The van der Waals surface area contributed by atoms with Crippen LogP contribution in [-0.4, -0.2) is 8.41 Å². The Balaban J connectivity index is 0.000000980. The molecule has 0 heterocycles. The Labute approximate surface area is 87.5 Å².